The van der Waals surface area contributed by atoms with Crippen LogP contribution in [0.4, 0.5) is 5.69 Å². The SMILES string of the molecule is O=C1C(=O)N(c2ccccc2O)C(c2ccncc2)/C1=C(/O)c1ccc2c(c1)OCCO2. The van der Waals surface area contributed by atoms with Gasteiger partial charge in [-0.1, -0.05) is 12.1 Å². The van der Waals surface area contributed by atoms with Gasteiger partial charge < -0.3 is 19.7 Å². The zero-order valence-corrected chi connectivity index (χ0v) is 16.8. The van der Waals surface area contributed by atoms with Crippen LogP contribution >= 0.6 is 0 Å². The minimum atomic E-state index is -0.959. The topological polar surface area (TPSA) is 109 Å². The molecular formula is C24H18N2O6. The molecule has 32 heavy (non-hydrogen) atoms. The van der Waals surface area contributed by atoms with E-state index in [1.54, 1.807) is 48.5 Å². The second-order valence-corrected chi connectivity index (χ2v) is 7.30. The van der Waals surface area contributed by atoms with Crippen molar-refractivity contribution < 1.29 is 29.3 Å². The van der Waals surface area contributed by atoms with Crippen molar-refractivity contribution in [3.05, 3.63) is 83.7 Å². The molecule has 0 radical (unpaired) electrons. The highest BCUT2D eigenvalue weighted by atomic mass is 16.6. The number of fused-ring (bicyclic) bond motifs is 1. The van der Waals surface area contributed by atoms with Gasteiger partial charge in [-0.15, -0.1) is 0 Å². The number of ether oxygens (including phenoxy) is 2. The van der Waals surface area contributed by atoms with Crippen LogP contribution < -0.4 is 14.4 Å². The molecule has 1 fully saturated rings. The summed E-state index contributed by atoms with van der Waals surface area (Å²) in [6.45, 7) is 0.790. The van der Waals surface area contributed by atoms with Gasteiger partial charge in [0.1, 0.15) is 24.7 Å². The van der Waals surface area contributed by atoms with E-state index in [0.29, 0.717) is 35.8 Å². The van der Waals surface area contributed by atoms with Crippen LogP contribution in [0.2, 0.25) is 0 Å². The second-order valence-electron chi connectivity index (χ2n) is 7.30. The predicted molar refractivity (Wildman–Crippen MR) is 115 cm³/mol. The number of phenolic OH excluding ortho intramolecular Hbond substituents is 1. The molecule has 2 aromatic carbocycles. The average Bonchev–Trinajstić information content (AvgIpc) is 3.09. The van der Waals surface area contributed by atoms with Crippen LogP contribution in [0.15, 0.2) is 72.6 Å². The summed E-state index contributed by atoms with van der Waals surface area (Å²) in [7, 11) is 0. The Hall–Kier alpha value is -4.33. The number of benzene rings is 2. The molecule has 3 heterocycles. The number of rotatable bonds is 3. The molecule has 1 aromatic heterocycles. The number of anilines is 1. The summed E-state index contributed by atoms with van der Waals surface area (Å²) < 4.78 is 11.1. The lowest BCUT2D eigenvalue weighted by Gasteiger charge is -2.26. The number of hydrogen-bond donors (Lipinski definition) is 2. The molecular weight excluding hydrogens is 412 g/mol. The molecule has 8 nitrogen and oxygen atoms in total. The van der Waals surface area contributed by atoms with Crippen molar-refractivity contribution in [2.75, 3.05) is 18.1 Å². The highest BCUT2D eigenvalue weighted by Gasteiger charge is 2.47. The van der Waals surface area contributed by atoms with Gasteiger partial charge in [-0.25, -0.2) is 0 Å². The lowest BCUT2D eigenvalue weighted by atomic mass is 9.95. The van der Waals surface area contributed by atoms with Crippen LogP contribution in [0.3, 0.4) is 0 Å². The zero-order valence-electron chi connectivity index (χ0n) is 16.8. The third-order valence-electron chi connectivity index (χ3n) is 5.42. The summed E-state index contributed by atoms with van der Waals surface area (Å²) >= 11 is 0. The molecule has 2 aliphatic rings. The quantitative estimate of drug-likeness (QED) is 0.373. The van der Waals surface area contributed by atoms with Gasteiger partial charge >= 0.3 is 0 Å². The summed E-state index contributed by atoms with van der Waals surface area (Å²) in [6.07, 6.45) is 3.06. The Labute approximate surface area is 183 Å². The fraction of sp³-hybridized carbons (Fsp3) is 0.125. The summed E-state index contributed by atoms with van der Waals surface area (Å²) in [6, 6.07) is 13.4. The van der Waals surface area contributed by atoms with Crippen LogP contribution in [0.5, 0.6) is 17.2 Å². The standard InChI is InChI=1S/C24H18N2O6/c27-17-4-2-1-3-16(17)26-21(14-7-9-25-10-8-14)20(23(29)24(26)30)22(28)15-5-6-18-19(13-15)32-12-11-31-18/h1-10,13,21,27-28H,11-12H2/b22-20-. The fourth-order valence-corrected chi connectivity index (χ4v) is 3.96. The van der Waals surface area contributed by atoms with Gasteiger partial charge in [0, 0.05) is 18.0 Å². The Kier molecular flexibility index (Phi) is 4.74. The molecule has 1 saturated heterocycles. The van der Waals surface area contributed by atoms with E-state index >= 15 is 0 Å². The second kappa shape index (κ2) is 7.73. The molecule has 1 unspecified atom stereocenters. The van der Waals surface area contributed by atoms with E-state index in [-0.39, 0.29) is 22.8 Å². The number of amides is 1. The van der Waals surface area contributed by atoms with Crippen LogP contribution in [-0.4, -0.2) is 40.1 Å². The first-order valence-corrected chi connectivity index (χ1v) is 9.95. The number of aliphatic hydroxyl groups excluding tert-OH is 1. The molecule has 0 aliphatic carbocycles. The molecule has 2 aliphatic heterocycles. The highest BCUT2D eigenvalue weighted by molar-refractivity contribution is 6.51. The minimum Gasteiger partial charge on any atom is -0.507 e. The van der Waals surface area contributed by atoms with Gasteiger partial charge in [-0.05, 0) is 48.0 Å². The monoisotopic (exact) mass is 430 g/mol. The molecule has 1 atom stereocenters. The number of phenols is 1. The number of para-hydroxylation sites is 2. The number of aromatic nitrogens is 1. The number of nitrogens with zero attached hydrogens (tertiary/aromatic N) is 2. The van der Waals surface area contributed by atoms with Crippen molar-refractivity contribution in [1.29, 1.82) is 0 Å². The van der Waals surface area contributed by atoms with Crippen molar-refractivity contribution in [2.24, 2.45) is 0 Å². The normalized spacial score (nSPS) is 19.2. The minimum absolute atomic E-state index is 0.0962. The Morgan fingerprint density at radius 3 is 2.44 bits per heavy atom. The predicted octanol–water partition coefficient (Wildman–Crippen LogP) is 3.18. The maximum Gasteiger partial charge on any atom is 0.300 e. The van der Waals surface area contributed by atoms with Crippen molar-refractivity contribution in [3.63, 3.8) is 0 Å². The Morgan fingerprint density at radius 2 is 1.69 bits per heavy atom. The molecule has 5 rings (SSSR count). The maximum atomic E-state index is 13.1. The number of carbonyl (C=O) groups is 2. The molecule has 0 spiro atoms. The molecule has 0 bridgehead atoms. The molecule has 0 saturated carbocycles. The summed E-state index contributed by atoms with van der Waals surface area (Å²) in [5.41, 5.74) is 0.934. The van der Waals surface area contributed by atoms with Crippen LogP contribution in [0.1, 0.15) is 17.2 Å². The number of ketones is 1. The number of aromatic hydroxyl groups is 1. The van der Waals surface area contributed by atoms with Crippen LogP contribution in [-0.2, 0) is 9.59 Å². The Morgan fingerprint density at radius 1 is 0.969 bits per heavy atom. The lowest BCUT2D eigenvalue weighted by Crippen LogP contribution is -2.29. The van der Waals surface area contributed by atoms with Crippen molar-refractivity contribution >= 4 is 23.1 Å². The summed E-state index contributed by atoms with van der Waals surface area (Å²) in [5.74, 6) is -1.24. The van der Waals surface area contributed by atoms with Gasteiger partial charge in [0.25, 0.3) is 11.7 Å². The van der Waals surface area contributed by atoms with Gasteiger partial charge in [0.15, 0.2) is 11.5 Å². The van der Waals surface area contributed by atoms with Crippen LogP contribution in [0, 0.1) is 0 Å². The number of carbonyl (C=O) groups excluding carboxylic acids is 2. The van der Waals surface area contributed by atoms with Gasteiger partial charge in [-0.3, -0.25) is 19.5 Å². The average molecular weight is 430 g/mol. The highest BCUT2D eigenvalue weighted by Crippen LogP contribution is 2.45. The fourth-order valence-electron chi connectivity index (χ4n) is 3.96. The number of pyridine rings is 1. The number of hydrogen-bond acceptors (Lipinski definition) is 7. The van der Waals surface area contributed by atoms with E-state index in [0.717, 1.165) is 0 Å². The molecule has 3 aromatic rings. The largest absolute Gasteiger partial charge is 0.507 e. The van der Waals surface area contributed by atoms with E-state index in [1.807, 2.05) is 0 Å². The van der Waals surface area contributed by atoms with Crippen molar-refractivity contribution in [1.82, 2.24) is 4.98 Å². The number of Topliss-reactive ketones (excluding diaryl/α,β-unsaturated/α-hetero) is 1. The third-order valence-corrected chi connectivity index (χ3v) is 5.42. The van der Waals surface area contributed by atoms with E-state index in [2.05, 4.69) is 4.98 Å². The molecule has 8 heteroatoms. The van der Waals surface area contributed by atoms with E-state index < -0.39 is 17.7 Å². The zero-order chi connectivity index (χ0) is 22.2. The summed E-state index contributed by atoms with van der Waals surface area (Å²) in [4.78, 5) is 31.4. The van der Waals surface area contributed by atoms with Crippen LogP contribution in [0.25, 0.3) is 5.76 Å². The smallest absolute Gasteiger partial charge is 0.300 e. The van der Waals surface area contributed by atoms with Gasteiger partial charge in [0.2, 0.25) is 0 Å². The lowest BCUT2D eigenvalue weighted by molar-refractivity contribution is -0.132. The molecule has 2 N–H and O–H groups in total. The van der Waals surface area contributed by atoms with E-state index in [9.17, 15) is 19.8 Å². The Bertz CT molecular complexity index is 1250. The first-order valence-electron chi connectivity index (χ1n) is 9.95. The third kappa shape index (κ3) is 3.13. The van der Waals surface area contributed by atoms with E-state index in [4.69, 9.17) is 9.47 Å². The molecule has 1 amide bonds. The van der Waals surface area contributed by atoms with Crippen molar-refractivity contribution in [3.8, 4) is 17.2 Å². The van der Waals surface area contributed by atoms with Gasteiger partial charge in [0.05, 0.1) is 17.3 Å². The first kappa shape index (κ1) is 19.6. The Balaban J connectivity index is 1.70. The number of aliphatic hydroxyl groups is 1. The van der Waals surface area contributed by atoms with E-state index in [1.165, 1.54) is 23.4 Å². The molecule has 160 valence electrons. The van der Waals surface area contributed by atoms with Crippen molar-refractivity contribution in [2.45, 2.75) is 6.04 Å². The maximum absolute atomic E-state index is 13.1. The summed E-state index contributed by atoms with van der Waals surface area (Å²) in [5, 5.41) is 21.6. The first-order chi connectivity index (χ1) is 15.6. The van der Waals surface area contributed by atoms with Gasteiger partial charge in [-0.2, -0.15) is 0 Å².